The molecule has 1 unspecified atom stereocenters. The van der Waals surface area contributed by atoms with Crippen molar-refractivity contribution < 1.29 is 13.9 Å². The molecular weight excluding hydrogens is 448 g/mol. The van der Waals surface area contributed by atoms with Gasteiger partial charge in [0.25, 0.3) is 11.1 Å². The highest BCUT2D eigenvalue weighted by molar-refractivity contribution is 8.00. The molecule has 0 spiro atoms. The monoisotopic (exact) mass is 470 g/mol. The Morgan fingerprint density at radius 2 is 1.79 bits per heavy atom. The van der Waals surface area contributed by atoms with E-state index in [-0.39, 0.29) is 5.91 Å². The minimum absolute atomic E-state index is 0.213. The Balaban J connectivity index is 1.42. The molecule has 3 aromatic carbocycles. The van der Waals surface area contributed by atoms with Crippen molar-refractivity contribution in [3.05, 3.63) is 90.6 Å². The van der Waals surface area contributed by atoms with E-state index in [1.807, 2.05) is 92.0 Å². The molecule has 5 aromatic rings. The molecule has 0 aliphatic carbocycles. The summed E-state index contributed by atoms with van der Waals surface area (Å²) >= 11 is 1.21. The summed E-state index contributed by atoms with van der Waals surface area (Å²) in [6.07, 6.45) is 1.85. The quantitative estimate of drug-likeness (QED) is 0.267. The SMILES string of the molecule is CCOc1ccccc1NC(=O)C(Sc1nnc(-c2c[nH]c3ccccc23)o1)c1ccccc1. The van der Waals surface area contributed by atoms with Crippen molar-refractivity contribution >= 4 is 34.3 Å². The summed E-state index contributed by atoms with van der Waals surface area (Å²) in [6, 6.07) is 24.8. The van der Waals surface area contributed by atoms with Crippen molar-refractivity contribution in [2.45, 2.75) is 17.4 Å². The average Bonchev–Trinajstić information content (AvgIpc) is 3.51. The number of aromatic nitrogens is 3. The molecule has 34 heavy (non-hydrogen) atoms. The predicted octanol–water partition coefficient (Wildman–Crippen LogP) is 6.09. The number of nitrogens with one attached hydrogen (secondary N) is 2. The molecule has 8 heteroatoms. The number of hydrogen-bond donors (Lipinski definition) is 2. The Morgan fingerprint density at radius 1 is 1.03 bits per heavy atom. The highest BCUT2D eigenvalue weighted by Crippen LogP contribution is 2.38. The molecule has 170 valence electrons. The van der Waals surface area contributed by atoms with Gasteiger partial charge in [-0.2, -0.15) is 0 Å². The van der Waals surface area contributed by atoms with Crippen LogP contribution in [0.3, 0.4) is 0 Å². The van der Waals surface area contributed by atoms with E-state index in [4.69, 9.17) is 9.15 Å². The summed E-state index contributed by atoms with van der Waals surface area (Å²) in [4.78, 5) is 16.6. The van der Waals surface area contributed by atoms with Gasteiger partial charge in [-0.05, 0) is 42.4 Å². The molecule has 5 rings (SSSR count). The molecule has 0 aliphatic rings. The summed E-state index contributed by atoms with van der Waals surface area (Å²) in [5, 5.41) is 12.1. The molecule has 0 bridgehead atoms. The van der Waals surface area contributed by atoms with Crippen LogP contribution >= 0.6 is 11.8 Å². The van der Waals surface area contributed by atoms with Gasteiger partial charge in [-0.1, -0.05) is 60.7 Å². The fourth-order valence-corrected chi connectivity index (χ4v) is 4.54. The van der Waals surface area contributed by atoms with Crippen molar-refractivity contribution in [2.75, 3.05) is 11.9 Å². The molecule has 0 saturated carbocycles. The Morgan fingerprint density at radius 3 is 2.65 bits per heavy atom. The maximum Gasteiger partial charge on any atom is 0.277 e. The Kier molecular flexibility index (Phi) is 6.31. The third-order valence-corrected chi connectivity index (χ3v) is 6.32. The summed E-state index contributed by atoms with van der Waals surface area (Å²) in [5.41, 5.74) is 3.24. The molecule has 0 saturated heterocycles. The van der Waals surface area contributed by atoms with Crippen LogP contribution in [-0.4, -0.2) is 27.7 Å². The third kappa shape index (κ3) is 4.53. The summed E-state index contributed by atoms with van der Waals surface area (Å²) in [5.74, 6) is 0.804. The minimum atomic E-state index is -0.604. The molecule has 2 N–H and O–H groups in total. The number of benzene rings is 3. The van der Waals surface area contributed by atoms with Gasteiger partial charge in [0.05, 0.1) is 17.9 Å². The van der Waals surface area contributed by atoms with Gasteiger partial charge in [-0.15, -0.1) is 10.2 Å². The van der Waals surface area contributed by atoms with Crippen LogP contribution in [0.5, 0.6) is 5.75 Å². The van der Waals surface area contributed by atoms with Gasteiger partial charge in [0, 0.05) is 17.1 Å². The van der Waals surface area contributed by atoms with Crippen molar-refractivity contribution in [3.63, 3.8) is 0 Å². The van der Waals surface area contributed by atoms with Crippen molar-refractivity contribution in [1.29, 1.82) is 0 Å². The zero-order chi connectivity index (χ0) is 23.3. The van der Waals surface area contributed by atoms with Crippen LogP contribution in [0.4, 0.5) is 5.69 Å². The second-order valence-corrected chi connectivity index (χ2v) is 8.50. The standard InChI is InChI=1S/C26H22N4O3S/c1-2-32-22-15-9-8-14-21(22)28-24(31)23(17-10-4-3-5-11-17)34-26-30-29-25(33-26)19-16-27-20-13-7-6-12-18(19)20/h3-16,23,27H,2H2,1H3,(H,28,31). The van der Waals surface area contributed by atoms with Crippen molar-refractivity contribution in [3.8, 4) is 17.2 Å². The molecule has 2 heterocycles. The summed E-state index contributed by atoms with van der Waals surface area (Å²) < 4.78 is 11.6. The lowest BCUT2D eigenvalue weighted by Crippen LogP contribution is -2.19. The van der Waals surface area contributed by atoms with Gasteiger partial charge < -0.3 is 19.5 Å². The lowest BCUT2D eigenvalue weighted by atomic mass is 10.1. The van der Waals surface area contributed by atoms with Crippen molar-refractivity contribution in [1.82, 2.24) is 15.2 Å². The van der Waals surface area contributed by atoms with Crippen LogP contribution in [0.2, 0.25) is 0 Å². The lowest BCUT2D eigenvalue weighted by Gasteiger charge is -2.17. The highest BCUT2D eigenvalue weighted by atomic mass is 32.2. The van der Waals surface area contributed by atoms with Gasteiger partial charge in [-0.3, -0.25) is 4.79 Å². The number of anilines is 1. The van der Waals surface area contributed by atoms with E-state index >= 15 is 0 Å². The number of rotatable bonds is 8. The van der Waals surface area contributed by atoms with Gasteiger partial charge in [0.1, 0.15) is 11.0 Å². The number of amides is 1. The van der Waals surface area contributed by atoms with E-state index in [1.165, 1.54) is 11.8 Å². The molecule has 0 aliphatic heterocycles. The van der Waals surface area contributed by atoms with Gasteiger partial charge in [0.15, 0.2) is 0 Å². The molecule has 0 fully saturated rings. The number of nitrogens with zero attached hydrogens (tertiary/aromatic N) is 2. The lowest BCUT2D eigenvalue weighted by molar-refractivity contribution is -0.115. The average molecular weight is 471 g/mol. The number of aromatic amines is 1. The van der Waals surface area contributed by atoms with Crippen LogP contribution in [-0.2, 0) is 4.79 Å². The highest BCUT2D eigenvalue weighted by Gasteiger charge is 2.26. The van der Waals surface area contributed by atoms with E-state index in [9.17, 15) is 4.79 Å². The van der Waals surface area contributed by atoms with Gasteiger partial charge in [0.2, 0.25) is 5.91 Å². The summed E-state index contributed by atoms with van der Waals surface area (Å²) in [7, 11) is 0. The number of thioether (sulfide) groups is 1. The zero-order valence-electron chi connectivity index (χ0n) is 18.4. The number of ether oxygens (including phenoxy) is 1. The number of carbonyl (C=O) groups is 1. The smallest absolute Gasteiger partial charge is 0.277 e. The van der Waals surface area contributed by atoms with Gasteiger partial charge in [-0.25, -0.2) is 0 Å². The topological polar surface area (TPSA) is 93.0 Å². The first-order chi connectivity index (χ1) is 16.7. The Bertz CT molecular complexity index is 1410. The second-order valence-electron chi connectivity index (χ2n) is 7.45. The molecule has 1 amide bonds. The van der Waals surface area contributed by atoms with Crippen LogP contribution in [0.25, 0.3) is 22.4 Å². The van der Waals surface area contributed by atoms with Crippen molar-refractivity contribution in [2.24, 2.45) is 0 Å². The van der Waals surface area contributed by atoms with Crippen LogP contribution in [0.15, 0.2) is 94.7 Å². The zero-order valence-corrected chi connectivity index (χ0v) is 19.2. The predicted molar refractivity (Wildman–Crippen MR) is 133 cm³/mol. The van der Waals surface area contributed by atoms with E-state index in [2.05, 4.69) is 20.5 Å². The number of carbonyl (C=O) groups excluding carboxylic acids is 1. The molecule has 2 aromatic heterocycles. The fraction of sp³-hybridized carbons (Fsp3) is 0.115. The Labute approximate surface area is 200 Å². The third-order valence-electron chi connectivity index (χ3n) is 5.23. The first-order valence-electron chi connectivity index (χ1n) is 10.9. The number of H-pyrrole nitrogens is 1. The second kappa shape index (κ2) is 9.84. The number of hydrogen-bond acceptors (Lipinski definition) is 6. The van der Waals surface area contributed by atoms with Crippen LogP contribution < -0.4 is 10.1 Å². The number of fused-ring (bicyclic) bond motifs is 1. The first-order valence-corrected chi connectivity index (χ1v) is 11.7. The molecule has 1 atom stereocenters. The van der Waals surface area contributed by atoms with Gasteiger partial charge >= 0.3 is 0 Å². The van der Waals surface area contributed by atoms with E-state index < -0.39 is 5.25 Å². The number of para-hydroxylation sites is 3. The van der Waals surface area contributed by atoms with Crippen LogP contribution in [0, 0.1) is 0 Å². The van der Waals surface area contributed by atoms with Crippen LogP contribution in [0.1, 0.15) is 17.7 Å². The van der Waals surface area contributed by atoms with E-state index in [1.54, 1.807) is 0 Å². The molecule has 7 nitrogen and oxygen atoms in total. The fourth-order valence-electron chi connectivity index (χ4n) is 3.67. The van der Waals surface area contributed by atoms with E-state index in [0.29, 0.717) is 29.2 Å². The maximum absolute atomic E-state index is 13.4. The summed E-state index contributed by atoms with van der Waals surface area (Å²) in [6.45, 7) is 2.41. The first kappa shape index (κ1) is 21.8. The molecular formula is C26H22N4O3S. The Hall–Kier alpha value is -4.04. The maximum atomic E-state index is 13.4. The largest absolute Gasteiger partial charge is 0.492 e. The minimum Gasteiger partial charge on any atom is -0.492 e. The molecule has 0 radical (unpaired) electrons. The normalized spacial score (nSPS) is 11.9. The van der Waals surface area contributed by atoms with E-state index in [0.717, 1.165) is 22.0 Å².